The van der Waals surface area contributed by atoms with Crippen molar-refractivity contribution < 1.29 is 8.78 Å². The van der Waals surface area contributed by atoms with Crippen LogP contribution in [0.25, 0.3) is 5.52 Å². The van der Waals surface area contributed by atoms with Crippen molar-refractivity contribution >= 4 is 17.3 Å². The predicted octanol–water partition coefficient (Wildman–Crippen LogP) is 1.27. The Balaban J connectivity index is 2.03. The zero-order valence-corrected chi connectivity index (χ0v) is 11.1. The molecule has 0 radical (unpaired) electrons. The number of alkyl halides is 2. The van der Waals surface area contributed by atoms with E-state index in [1.807, 2.05) is 12.1 Å². The molecule has 1 fully saturated rings. The van der Waals surface area contributed by atoms with Gasteiger partial charge in [-0.15, -0.1) is 5.10 Å². The molecule has 0 aliphatic carbocycles. The van der Waals surface area contributed by atoms with Gasteiger partial charge in [-0.1, -0.05) is 0 Å². The molecule has 0 amide bonds. The molecule has 0 atom stereocenters. The first-order valence-electron chi connectivity index (χ1n) is 6.43. The highest BCUT2D eigenvalue weighted by Crippen LogP contribution is 2.29. The van der Waals surface area contributed by atoms with Crippen LogP contribution in [0, 0.1) is 0 Å². The van der Waals surface area contributed by atoms with Gasteiger partial charge >= 0.3 is 0 Å². The smallest absolute Gasteiger partial charge is 0.265 e. The van der Waals surface area contributed by atoms with Crippen LogP contribution < -0.4 is 15.8 Å². The number of fused-ring (bicyclic) bond motifs is 1. The van der Waals surface area contributed by atoms with Crippen molar-refractivity contribution in [3.8, 4) is 0 Å². The zero-order valence-electron chi connectivity index (χ0n) is 11.1. The number of nitrogens with zero attached hydrogens (tertiary/aromatic N) is 5. The Kier molecular flexibility index (Phi) is 2.97. The van der Waals surface area contributed by atoms with Crippen LogP contribution >= 0.6 is 0 Å². The van der Waals surface area contributed by atoms with Crippen molar-refractivity contribution in [3.63, 3.8) is 0 Å². The molecule has 108 valence electrons. The number of piperidine rings is 1. The Labute approximate surface area is 114 Å². The number of nitrogens with two attached hydrogens (primary N) is 1. The number of anilines is 2. The van der Waals surface area contributed by atoms with Crippen LogP contribution in [-0.2, 0) is 0 Å². The Morgan fingerprint density at radius 1 is 1.45 bits per heavy atom. The van der Waals surface area contributed by atoms with Gasteiger partial charge < -0.3 is 4.90 Å². The summed E-state index contributed by atoms with van der Waals surface area (Å²) in [6.45, 7) is 0.170. The summed E-state index contributed by atoms with van der Waals surface area (Å²) in [6.07, 6.45) is 2.09. The quantitative estimate of drug-likeness (QED) is 0.664. The van der Waals surface area contributed by atoms with Crippen molar-refractivity contribution in [3.05, 3.63) is 18.3 Å². The summed E-state index contributed by atoms with van der Waals surface area (Å²) in [5.41, 5.74) is 0.738. The third-order valence-electron chi connectivity index (χ3n) is 3.37. The summed E-state index contributed by atoms with van der Waals surface area (Å²) in [6, 6.07) is 3.64. The Morgan fingerprint density at radius 2 is 2.25 bits per heavy atom. The molecule has 0 aromatic carbocycles. The van der Waals surface area contributed by atoms with E-state index in [0.29, 0.717) is 18.8 Å². The molecule has 1 aliphatic heterocycles. The molecule has 0 bridgehead atoms. The van der Waals surface area contributed by atoms with Gasteiger partial charge in [-0.3, -0.25) is 5.01 Å². The van der Waals surface area contributed by atoms with Crippen molar-refractivity contribution in [1.82, 2.24) is 14.6 Å². The molecule has 8 heteroatoms. The monoisotopic (exact) mass is 282 g/mol. The van der Waals surface area contributed by atoms with Crippen molar-refractivity contribution in [2.45, 2.75) is 18.8 Å². The Hall–Kier alpha value is -1.96. The average molecular weight is 282 g/mol. The molecule has 2 aromatic heterocycles. The second kappa shape index (κ2) is 4.55. The third-order valence-corrected chi connectivity index (χ3v) is 3.37. The van der Waals surface area contributed by atoms with E-state index in [-0.39, 0.29) is 18.9 Å². The normalized spacial score (nSPS) is 18.5. The van der Waals surface area contributed by atoms with Crippen LogP contribution in [0.2, 0.25) is 0 Å². The highest BCUT2D eigenvalue weighted by Gasteiger charge is 2.36. The fourth-order valence-corrected chi connectivity index (χ4v) is 2.44. The number of hydrogen-bond donors (Lipinski definition) is 1. The Bertz CT molecular complexity index is 623. The van der Waals surface area contributed by atoms with E-state index in [4.69, 9.17) is 5.84 Å². The first kappa shape index (κ1) is 13.0. The van der Waals surface area contributed by atoms with Gasteiger partial charge in [-0.2, -0.15) is 4.98 Å². The lowest BCUT2D eigenvalue weighted by molar-refractivity contribution is -0.0121. The minimum Gasteiger partial charge on any atom is -0.333 e. The molecular formula is C12H16F2N6. The maximum absolute atomic E-state index is 13.5. The summed E-state index contributed by atoms with van der Waals surface area (Å²) >= 11 is 0. The van der Waals surface area contributed by atoms with Crippen molar-refractivity contribution in [2.24, 2.45) is 5.84 Å². The first-order valence-corrected chi connectivity index (χ1v) is 6.43. The third kappa shape index (κ3) is 2.26. The average Bonchev–Trinajstić information content (AvgIpc) is 2.84. The van der Waals surface area contributed by atoms with Gasteiger partial charge in [0.05, 0.1) is 6.54 Å². The SMILES string of the molecule is CN(N)c1nc(N2CCCC(F)(F)C2)nn2cccc12. The number of aromatic nitrogens is 3. The van der Waals surface area contributed by atoms with E-state index in [0.717, 1.165) is 5.52 Å². The second-order valence-corrected chi connectivity index (χ2v) is 5.07. The van der Waals surface area contributed by atoms with E-state index in [9.17, 15) is 8.78 Å². The van der Waals surface area contributed by atoms with Gasteiger partial charge in [0.1, 0.15) is 5.52 Å². The topological polar surface area (TPSA) is 62.7 Å². The second-order valence-electron chi connectivity index (χ2n) is 5.07. The molecule has 1 aliphatic rings. The summed E-state index contributed by atoms with van der Waals surface area (Å²) in [5, 5.41) is 5.65. The van der Waals surface area contributed by atoms with E-state index in [1.165, 1.54) is 9.91 Å². The van der Waals surface area contributed by atoms with Gasteiger partial charge in [0.25, 0.3) is 5.92 Å². The van der Waals surface area contributed by atoms with Crippen LogP contribution in [0.5, 0.6) is 0 Å². The zero-order chi connectivity index (χ0) is 14.3. The molecule has 3 rings (SSSR count). The van der Waals surface area contributed by atoms with Crippen LogP contribution in [0.15, 0.2) is 18.3 Å². The summed E-state index contributed by atoms with van der Waals surface area (Å²) < 4.78 is 28.6. The van der Waals surface area contributed by atoms with Crippen LogP contribution in [0.3, 0.4) is 0 Å². The molecule has 3 heterocycles. The van der Waals surface area contributed by atoms with Crippen molar-refractivity contribution in [2.75, 3.05) is 30.0 Å². The summed E-state index contributed by atoms with van der Waals surface area (Å²) in [4.78, 5) is 5.83. The van der Waals surface area contributed by atoms with Gasteiger partial charge in [0, 0.05) is 26.2 Å². The molecular weight excluding hydrogens is 266 g/mol. The minimum atomic E-state index is -2.69. The summed E-state index contributed by atoms with van der Waals surface area (Å²) in [5.74, 6) is 3.85. The van der Waals surface area contributed by atoms with Gasteiger partial charge in [0.2, 0.25) is 5.95 Å². The molecule has 0 saturated carbocycles. The highest BCUT2D eigenvalue weighted by atomic mass is 19.3. The number of hydrazine groups is 1. The van der Waals surface area contributed by atoms with E-state index in [2.05, 4.69) is 10.1 Å². The first-order chi connectivity index (χ1) is 9.46. The number of halogens is 2. The lowest BCUT2D eigenvalue weighted by atomic mass is 10.1. The highest BCUT2D eigenvalue weighted by molar-refractivity contribution is 5.69. The minimum absolute atomic E-state index is 0.0844. The van der Waals surface area contributed by atoms with Crippen LogP contribution in [-0.4, -0.2) is 40.7 Å². The molecule has 6 nitrogen and oxygen atoms in total. The lowest BCUT2D eigenvalue weighted by Crippen LogP contribution is -2.43. The molecule has 1 saturated heterocycles. The van der Waals surface area contributed by atoms with Crippen molar-refractivity contribution in [1.29, 1.82) is 0 Å². The fraction of sp³-hybridized carbons (Fsp3) is 0.500. The number of rotatable bonds is 2. The molecule has 0 unspecified atom stereocenters. The maximum atomic E-state index is 13.5. The van der Waals surface area contributed by atoms with E-state index >= 15 is 0 Å². The van der Waals surface area contributed by atoms with Crippen LogP contribution in [0.4, 0.5) is 20.5 Å². The van der Waals surface area contributed by atoms with Gasteiger partial charge in [-0.25, -0.2) is 19.1 Å². The maximum Gasteiger partial charge on any atom is 0.265 e. The molecule has 0 spiro atoms. The molecule has 2 N–H and O–H groups in total. The number of hydrogen-bond acceptors (Lipinski definition) is 5. The van der Waals surface area contributed by atoms with Gasteiger partial charge in [-0.05, 0) is 18.6 Å². The summed E-state index contributed by atoms with van der Waals surface area (Å²) in [7, 11) is 1.66. The van der Waals surface area contributed by atoms with E-state index in [1.54, 1.807) is 17.8 Å². The largest absolute Gasteiger partial charge is 0.333 e. The predicted molar refractivity (Wildman–Crippen MR) is 72.0 cm³/mol. The van der Waals surface area contributed by atoms with Gasteiger partial charge in [0.15, 0.2) is 5.82 Å². The molecule has 2 aromatic rings. The fourth-order valence-electron chi connectivity index (χ4n) is 2.44. The van der Waals surface area contributed by atoms with Crippen LogP contribution in [0.1, 0.15) is 12.8 Å². The Morgan fingerprint density at radius 3 is 2.95 bits per heavy atom. The lowest BCUT2D eigenvalue weighted by Gasteiger charge is -2.32. The van der Waals surface area contributed by atoms with E-state index < -0.39 is 5.92 Å². The standard InChI is InChI=1S/C12H16F2N6/c1-18(15)10-9-4-2-7-20(9)17-11(16-10)19-6-3-5-12(13,14)8-19/h2,4,7H,3,5-6,8,15H2,1H3. The molecule has 20 heavy (non-hydrogen) atoms.